The molecule has 38 heavy (non-hydrogen) atoms. The number of phenolic OH excluding ortho intramolecular Hbond substituents is 1. The number of pyridine rings is 1. The van der Waals surface area contributed by atoms with Gasteiger partial charge < -0.3 is 20.7 Å². The number of nitrogens with two attached hydrogens (primary N) is 1. The largest absolute Gasteiger partial charge is 0.508 e. The summed E-state index contributed by atoms with van der Waals surface area (Å²) in [6.45, 7) is 6.32. The minimum Gasteiger partial charge on any atom is -0.508 e. The first-order chi connectivity index (χ1) is 18.4. The minimum atomic E-state index is 0.0456. The monoisotopic (exact) mass is 512 g/mol. The summed E-state index contributed by atoms with van der Waals surface area (Å²) in [4.78, 5) is 22.2. The van der Waals surface area contributed by atoms with Crippen molar-refractivity contribution >= 4 is 28.1 Å². The Balaban J connectivity index is 0.00000164. The van der Waals surface area contributed by atoms with Crippen molar-refractivity contribution in [1.29, 1.82) is 5.41 Å². The second kappa shape index (κ2) is 11.9. The van der Waals surface area contributed by atoms with Crippen molar-refractivity contribution in [2.45, 2.75) is 65.5 Å². The van der Waals surface area contributed by atoms with Gasteiger partial charge in [0.2, 0.25) is 0 Å². The van der Waals surface area contributed by atoms with E-state index < -0.39 is 0 Å². The highest BCUT2D eigenvalue weighted by Gasteiger charge is 2.22. The van der Waals surface area contributed by atoms with Gasteiger partial charge in [0.15, 0.2) is 0 Å². The molecular formula is C30H36N6O2. The third kappa shape index (κ3) is 5.39. The Kier molecular flexibility index (Phi) is 8.41. The molecule has 5 N–H and O–H groups in total. The van der Waals surface area contributed by atoms with Crippen LogP contribution in [0.25, 0.3) is 10.8 Å². The molecular weight excluding hydrogens is 476 g/mol. The van der Waals surface area contributed by atoms with Gasteiger partial charge in [0.1, 0.15) is 23.7 Å². The number of hydrogen-bond donors (Lipinski definition) is 4. The van der Waals surface area contributed by atoms with E-state index in [2.05, 4.69) is 21.4 Å². The molecule has 2 aromatic carbocycles. The summed E-state index contributed by atoms with van der Waals surface area (Å²) in [5.41, 5.74) is 9.03. The topological polar surface area (TPSA) is 130 Å². The fraction of sp³-hybridized carbons (Fsp3) is 0.333. The highest BCUT2D eigenvalue weighted by molar-refractivity contribution is 6.16. The molecule has 0 spiro atoms. The van der Waals surface area contributed by atoms with E-state index in [1.165, 1.54) is 18.8 Å². The Hall–Kier alpha value is -4.20. The fourth-order valence-electron chi connectivity index (χ4n) is 5.24. The van der Waals surface area contributed by atoms with Crippen molar-refractivity contribution in [1.82, 2.24) is 14.5 Å². The molecule has 0 atom stereocenters. The highest BCUT2D eigenvalue weighted by Crippen LogP contribution is 2.30. The number of anilines is 2. The van der Waals surface area contributed by atoms with Crippen LogP contribution in [0.1, 0.15) is 74.4 Å². The summed E-state index contributed by atoms with van der Waals surface area (Å²) >= 11 is 0. The molecule has 0 unspecified atom stereocenters. The van der Waals surface area contributed by atoms with Crippen LogP contribution in [0.3, 0.4) is 0 Å². The minimum absolute atomic E-state index is 0.0456. The van der Waals surface area contributed by atoms with Crippen molar-refractivity contribution in [3.8, 4) is 5.75 Å². The van der Waals surface area contributed by atoms with Crippen molar-refractivity contribution in [3.63, 3.8) is 0 Å². The molecule has 5 rings (SSSR count). The van der Waals surface area contributed by atoms with Crippen LogP contribution in [-0.4, -0.2) is 25.4 Å². The number of nitrogens with one attached hydrogen (secondary N) is 2. The van der Waals surface area contributed by atoms with Crippen LogP contribution in [-0.2, 0) is 6.54 Å². The zero-order valence-electron chi connectivity index (χ0n) is 22.3. The van der Waals surface area contributed by atoms with Crippen molar-refractivity contribution < 1.29 is 5.11 Å². The first-order valence-electron chi connectivity index (χ1n) is 13.3. The van der Waals surface area contributed by atoms with Gasteiger partial charge in [-0.2, -0.15) is 0 Å². The second-order valence-electron chi connectivity index (χ2n) is 9.40. The molecule has 2 heterocycles. The summed E-state index contributed by atoms with van der Waals surface area (Å²) in [5.74, 6) is 0.632. The summed E-state index contributed by atoms with van der Waals surface area (Å²) in [5, 5.41) is 23.6. The first-order valence-corrected chi connectivity index (χ1v) is 13.3. The van der Waals surface area contributed by atoms with Crippen molar-refractivity contribution in [3.05, 3.63) is 87.6 Å². The fourth-order valence-corrected chi connectivity index (χ4v) is 5.24. The molecule has 1 aliphatic rings. The molecule has 198 valence electrons. The molecule has 0 saturated heterocycles. The van der Waals surface area contributed by atoms with E-state index in [-0.39, 0.29) is 28.9 Å². The van der Waals surface area contributed by atoms with E-state index in [0.29, 0.717) is 23.5 Å². The first kappa shape index (κ1) is 26.9. The van der Waals surface area contributed by atoms with Gasteiger partial charge in [0, 0.05) is 17.3 Å². The Morgan fingerprint density at radius 2 is 1.84 bits per heavy atom. The Labute approximate surface area is 223 Å². The smallest absolute Gasteiger partial charge is 0.259 e. The number of rotatable bonds is 6. The number of aryl methyl sites for hydroxylation is 1. The van der Waals surface area contributed by atoms with Gasteiger partial charge in [-0.05, 0) is 48.9 Å². The number of fused-ring (bicyclic) bond motifs is 1. The highest BCUT2D eigenvalue weighted by atomic mass is 16.3. The molecule has 1 saturated carbocycles. The predicted octanol–water partition coefficient (Wildman–Crippen LogP) is 5.95. The summed E-state index contributed by atoms with van der Waals surface area (Å²) in [6.07, 6.45) is 6.75. The van der Waals surface area contributed by atoms with E-state index in [1.807, 2.05) is 43.5 Å². The molecule has 4 aromatic rings. The number of nitrogen functional groups attached to an aromatic ring is 1. The maximum atomic E-state index is 13.8. The number of benzene rings is 2. The van der Waals surface area contributed by atoms with E-state index in [1.54, 1.807) is 18.2 Å². The van der Waals surface area contributed by atoms with Gasteiger partial charge in [-0.25, -0.2) is 9.97 Å². The molecule has 0 radical (unpaired) electrons. The van der Waals surface area contributed by atoms with Gasteiger partial charge in [0.05, 0.1) is 23.2 Å². The third-order valence-electron chi connectivity index (χ3n) is 7.01. The normalized spacial score (nSPS) is 13.6. The SMILES string of the molecule is CC.Cc1cccc2cc(CNc3ncnc(N)c3C(=N)c3cccc(O)c3)n(C3CCCCC3)c(=O)c12. The number of nitrogens with zero attached hydrogens (tertiary/aromatic N) is 3. The Bertz CT molecular complexity index is 1500. The lowest BCUT2D eigenvalue weighted by molar-refractivity contribution is 0.341. The van der Waals surface area contributed by atoms with E-state index >= 15 is 0 Å². The number of phenols is 1. The van der Waals surface area contributed by atoms with Gasteiger partial charge in [-0.15, -0.1) is 0 Å². The Morgan fingerprint density at radius 3 is 2.58 bits per heavy atom. The van der Waals surface area contributed by atoms with Crippen LogP contribution in [0, 0.1) is 12.3 Å². The zero-order chi connectivity index (χ0) is 27.2. The average Bonchev–Trinajstić information content (AvgIpc) is 2.93. The lowest BCUT2D eigenvalue weighted by atomic mass is 9.94. The zero-order valence-corrected chi connectivity index (χ0v) is 22.3. The molecule has 1 fully saturated rings. The summed E-state index contributed by atoms with van der Waals surface area (Å²) in [6, 6.07) is 14.6. The van der Waals surface area contributed by atoms with Crippen LogP contribution in [0.4, 0.5) is 11.6 Å². The molecule has 8 heteroatoms. The predicted molar refractivity (Wildman–Crippen MR) is 154 cm³/mol. The number of aromatic nitrogens is 3. The van der Waals surface area contributed by atoms with Crippen LogP contribution in [0.15, 0.2) is 59.7 Å². The van der Waals surface area contributed by atoms with E-state index in [9.17, 15) is 9.90 Å². The summed E-state index contributed by atoms with van der Waals surface area (Å²) < 4.78 is 1.96. The molecule has 0 amide bonds. The number of aromatic hydroxyl groups is 1. The molecule has 1 aliphatic carbocycles. The van der Waals surface area contributed by atoms with Gasteiger partial charge >= 0.3 is 0 Å². The third-order valence-corrected chi connectivity index (χ3v) is 7.01. The summed E-state index contributed by atoms with van der Waals surface area (Å²) in [7, 11) is 0. The molecule has 8 nitrogen and oxygen atoms in total. The molecule has 0 aliphatic heterocycles. The van der Waals surface area contributed by atoms with Crippen LogP contribution >= 0.6 is 0 Å². The maximum Gasteiger partial charge on any atom is 0.259 e. The average molecular weight is 513 g/mol. The lowest BCUT2D eigenvalue weighted by Gasteiger charge is -2.28. The van der Waals surface area contributed by atoms with Crippen molar-refractivity contribution in [2.24, 2.45) is 0 Å². The van der Waals surface area contributed by atoms with Gasteiger partial charge in [0.25, 0.3) is 5.56 Å². The Morgan fingerprint density at radius 1 is 1.11 bits per heavy atom. The lowest BCUT2D eigenvalue weighted by Crippen LogP contribution is -2.30. The quantitative estimate of drug-likeness (QED) is 0.236. The maximum absolute atomic E-state index is 13.8. The van der Waals surface area contributed by atoms with E-state index in [4.69, 9.17) is 11.1 Å². The van der Waals surface area contributed by atoms with Crippen LogP contribution in [0.2, 0.25) is 0 Å². The van der Waals surface area contributed by atoms with Crippen molar-refractivity contribution in [2.75, 3.05) is 11.1 Å². The van der Waals surface area contributed by atoms with E-state index in [0.717, 1.165) is 47.7 Å². The number of hydrogen-bond acceptors (Lipinski definition) is 7. The molecule has 2 aromatic heterocycles. The molecule has 0 bridgehead atoms. The van der Waals surface area contributed by atoms with Gasteiger partial charge in [-0.3, -0.25) is 10.2 Å². The van der Waals surface area contributed by atoms with Gasteiger partial charge in [-0.1, -0.05) is 63.4 Å². The second-order valence-corrected chi connectivity index (χ2v) is 9.40. The van der Waals surface area contributed by atoms with Crippen LogP contribution < -0.4 is 16.6 Å². The van der Waals surface area contributed by atoms with Crippen LogP contribution in [0.5, 0.6) is 5.75 Å². The standard InChI is InChI=1S/C28H30N6O2.C2H6/c1-17-7-5-8-18-13-21(34(28(36)23(17)18)20-10-3-2-4-11-20)15-31-27-24(26(30)32-16-33-27)25(29)19-9-6-12-22(35)14-19;1-2/h5-9,12-14,16,20,29,35H,2-4,10-11,15H2,1H3,(H3,30,31,32,33);1-2H3.